The highest BCUT2D eigenvalue weighted by molar-refractivity contribution is 5.91. The first-order valence-electron chi connectivity index (χ1n) is 8.98. The topological polar surface area (TPSA) is 54.9 Å². The van der Waals surface area contributed by atoms with E-state index in [1.165, 1.54) is 6.07 Å². The summed E-state index contributed by atoms with van der Waals surface area (Å²) in [6, 6.07) is 8.12. The Morgan fingerprint density at radius 3 is 2.74 bits per heavy atom. The SMILES string of the molecule is CC1(C)[C@@H]2CC[C@@]1(C(=O)NCC(F)F)c1nnc(-c3ccccc3F)cc12. The molecule has 0 unspecified atom stereocenters. The predicted octanol–water partition coefficient (Wildman–Crippen LogP) is 3.82. The van der Waals surface area contributed by atoms with Crippen molar-refractivity contribution in [1.29, 1.82) is 0 Å². The Kier molecular flexibility index (Phi) is 4.01. The summed E-state index contributed by atoms with van der Waals surface area (Å²) in [5.74, 6) is -0.772. The Morgan fingerprint density at radius 1 is 1.30 bits per heavy atom. The number of hydrogen-bond acceptors (Lipinski definition) is 3. The molecule has 1 N–H and O–H groups in total. The number of carbonyl (C=O) groups is 1. The number of fused-ring (bicyclic) bond motifs is 5. The number of nitrogens with one attached hydrogen (secondary N) is 1. The maximum absolute atomic E-state index is 14.1. The summed E-state index contributed by atoms with van der Waals surface area (Å²) < 4.78 is 39.4. The Bertz CT molecular complexity index is 915. The summed E-state index contributed by atoms with van der Waals surface area (Å²) in [5, 5.41) is 10.9. The van der Waals surface area contributed by atoms with Crippen molar-refractivity contribution < 1.29 is 18.0 Å². The van der Waals surface area contributed by atoms with Crippen molar-refractivity contribution in [1.82, 2.24) is 15.5 Å². The van der Waals surface area contributed by atoms with E-state index in [-0.39, 0.29) is 5.92 Å². The number of amides is 1. The number of aromatic nitrogens is 2. The van der Waals surface area contributed by atoms with Gasteiger partial charge in [0.15, 0.2) is 0 Å². The zero-order valence-electron chi connectivity index (χ0n) is 15.1. The molecule has 1 saturated carbocycles. The summed E-state index contributed by atoms with van der Waals surface area (Å²) in [6.07, 6.45) is -1.31. The van der Waals surface area contributed by atoms with Gasteiger partial charge in [-0.25, -0.2) is 13.2 Å². The highest BCUT2D eigenvalue weighted by Gasteiger charge is 2.67. The van der Waals surface area contributed by atoms with Gasteiger partial charge in [-0.1, -0.05) is 26.0 Å². The van der Waals surface area contributed by atoms with Crippen molar-refractivity contribution in [3.05, 3.63) is 47.4 Å². The molecule has 1 aromatic carbocycles. The second kappa shape index (κ2) is 6.04. The lowest BCUT2D eigenvalue weighted by Gasteiger charge is -2.36. The third-order valence-corrected chi connectivity index (χ3v) is 6.34. The minimum absolute atomic E-state index is 0.0471. The maximum Gasteiger partial charge on any atom is 0.255 e. The number of halogens is 3. The fourth-order valence-electron chi connectivity index (χ4n) is 4.95. The van der Waals surface area contributed by atoms with Crippen LogP contribution < -0.4 is 5.32 Å². The van der Waals surface area contributed by atoms with Crippen LogP contribution in [0.5, 0.6) is 0 Å². The van der Waals surface area contributed by atoms with Gasteiger partial charge in [0.25, 0.3) is 6.43 Å². The van der Waals surface area contributed by atoms with Crippen LogP contribution in [0.25, 0.3) is 11.3 Å². The molecular formula is C20H20F3N3O. The van der Waals surface area contributed by atoms with E-state index in [1.807, 2.05) is 13.8 Å². The molecule has 7 heteroatoms. The van der Waals surface area contributed by atoms with Gasteiger partial charge in [0, 0.05) is 5.56 Å². The van der Waals surface area contributed by atoms with Crippen LogP contribution >= 0.6 is 0 Å². The lowest BCUT2D eigenvalue weighted by atomic mass is 9.67. The van der Waals surface area contributed by atoms with Crippen molar-refractivity contribution >= 4 is 5.91 Å². The lowest BCUT2D eigenvalue weighted by molar-refractivity contribution is -0.130. The Morgan fingerprint density at radius 2 is 2.04 bits per heavy atom. The molecule has 2 aliphatic rings. The lowest BCUT2D eigenvalue weighted by Crippen LogP contribution is -2.50. The smallest absolute Gasteiger partial charge is 0.255 e. The quantitative estimate of drug-likeness (QED) is 0.884. The van der Waals surface area contributed by atoms with Crippen LogP contribution in [0.4, 0.5) is 13.2 Å². The molecule has 0 radical (unpaired) electrons. The monoisotopic (exact) mass is 375 g/mol. The molecule has 1 amide bonds. The molecule has 4 rings (SSSR count). The van der Waals surface area contributed by atoms with E-state index in [0.717, 1.165) is 12.0 Å². The van der Waals surface area contributed by atoms with Gasteiger partial charge < -0.3 is 5.32 Å². The van der Waals surface area contributed by atoms with E-state index in [2.05, 4.69) is 15.5 Å². The minimum Gasteiger partial charge on any atom is -0.350 e. The fourth-order valence-corrected chi connectivity index (χ4v) is 4.95. The van der Waals surface area contributed by atoms with E-state index >= 15 is 0 Å². The van der Waals surface area contributed by atoms with E-state index < -0.39 is 35.5 Å². The van der Waals surface area contributed by atoms with E-state index in [9.17, 15) is 18.0 Å². The van der Waals surface area contributed by atoms with Gasteiger partial charge in [-0.3, -0.25) is 4.79 Å². The first-order chi connectivity index (χ1) is 12.8. The molecule has 0 aliphatic heterocycles. The Balaban J connectivity index is 1.80. The first kappa shape index (κ1) is 17.9. The van der Waals surface area contributed by atoms with Gasteiger partial charge >= 0.3 is 0 Å². The van der Waals surface area contributed by atoms with Gasteiger partial charge in [-0.2, -0.15) is 10.2 Å². The second-order valence-electron chi connectivity index (χ2n) is 7.83. The predicted molar refractivity (Wildman–Crippen MR) is 93.9 cm³/mol. The summed E-state index contributed by atoms with van der Waals surface area (Å²) in [6.45, 7) is 3.26. The maximum atomic E-state index is 14.1. The summed E-state index contributed by atoms with van der Waals surface area (Å²) >= 11 is 0. The number of carbonyl (C=O) groups excluding carboxylic acids is 1. The van der Waals surface area contributed by atoms with Gasteiger partial charge in [0.05, 0.1) is 23.3 Å². The summed E-state index contributed by atoms with van der Waals surface area (Å²) in [5.41, 5.74) is 0.706. The largest absolute Gasteiger partial charge is 0.350 e. The average Bonchev–Trinajstić information content (AvgIpc) is 3.01. The van der Waals surface area contributed by atoms with E-state index in [1.54, 1.807) is 24.3 Å². The molecule has 2 atom stereocenters. The molecular weight excluding hydrogens is 355 g/mol. The summed E-state index contributed by atoms with van der Waals surface area (Å²) in [7, 11) is 0. The zero-order chi connectivity index (χ0) is 19.4. The Hall–Kier alpha value is -2.44. The molecule has 1 heterocycles. The molecule has 2 aliphatic carbocycles. The number of nitrogens with zero attached hydrogens (tertiary/aromatic N) is 2. The second-order valence-corrected chi connectivity index (χ2v) is 7.83. The van der Waals surface area contributed by atoms with Crippen molar-refractivity contribution in [3.63, 3.8) is 0 Å². The molecule has 0 saturated heterocycles. The van der Waals surface area contributed by atoms with E-state index in [4.69, 9.17) is 0 Å². The third kappa shape index (κ3) is 2.40. The van der Waals surface area contributed by atoms with Crippen molar-refractivity contribution in [2.45, 2.75) is 44.4 Å². The van der Waals surface area contributed by atoms with Gasteiger partial charge in [-0.15, -0.1) is 0 Å². The fraction of sp³-hybridized carbons (Fsp3) is 0.450. The third-order valence-electron chi connectivity index (χ3n) is 6.34. The average molecular weight is 375 g/mol. The number of rotatable bonds is 4. The molecule has 142 valence electrons. The van der Waals surface area contributed by atoms with Crippen LogP contribution in [0.15, 0.2) is 30.3 Å². The highest BCUT2D eigenvalue weighted by atomic mass is 19.3. The number of alkyl halides is 2. The van der Waals surface area contributed by atoms with Crippen LogP contribution in [0.2, 0.25) is 0 Å². The van der Waals surface area contributed by atoms with Crippen molar-refractivity contribution in [3.8, 4) is 11.3 Å². The van der Waals surface area contributed by atoms with Crippen LogP contribution in [0.3, 0.4) is 0 Å². The van der Waals surface area contributed by atoms with Gasteiger partial charge in [0.1, 0.15) is 5.82 Å². The van der Waals surface area contributed by atoms with Crippen LogP contribution in [0, 0.1) is 11.2 Å². The van der Waals surface area contributed by atoms with Gasteiger partial charge in [-0.05, 0) is 47.9 Å². The van der Waals surface area contributed by atoms with Crippen molar-refractivity contribution in [2.24, 2.45) is 5.41 Å². The molecule has 4 nitrogen and oxygen atoms in total. The molecule has 1 fully saturated rings. The molecule has 2 bridgehead atoms. The van der Waals surface area contributed by atoms with Gasteiger partial charge in [0.2, 0.25) is 5.91 Å². The number of benzene rings is 1. The standard InChI is InChI=1S/C20H20F3N3O/c1-19(2)13-7-8-20(19,18(27)24-10-16(22)23)17-12(13)9-15(25-26-17)11-5-3-4-6-14(11)21/h3-6,9,13,16H,7-8,10H2,1-2H3,(H,24,27)/t13-,20+/m1/s1. The van der Waals surface area contributed by atoms with Crippen molar-refractivity contribution in [2.75, 3.05) is 6.54 Å². The normalized spacial score (nSPS) is 24.9. The molecule has 2 aromatic rings. The zero-order valence-corrected chi connectivity index (χ0v) is 15.1. The highest BCUT2D eigenvalue weighted by Crippen LogP contribution is 2.67. The minimum atomic E-state index is -2.61. The van der Waals surface area contributed by atoms with Crippen LogP contribution in [0.1, 0.15) is 43.9 Å². The van der Waals surface area contributed by atoms with Crippen LogP contribution in [-0.2, 0) is 10.2 Å². The van der Waals surface area contributed by atoms with E-state index in [0.29, 0.717) is 23.4 Å². The first-order valence-corrected chi connectivity index (χ1v) is 8.98. The number of hydrogen-bond donors (Lipinski definition) is 1. The Labute approximate surface area is 155 Å². The van der Waals surface area contributed by atoms with Crippen LogP contribution in [-0.4, -0.2) is 29.1 Å². The molecule has 1 aromatic heterocycles. The summed E-state index contributed by atoms with van der Waals surface area (Å²) in [4.78, 5) is 12.9. The molecule has 27 heavy (non-hydrogen) atoms. The molecule has 0 spiro atoms.